The minimum absolute atomic E-state index is 0.0576. The lowest BCUT2D eigenvalue weighted by Gasteiger charge is -2.35. The van der Waals surface area contributed by atoms with Crippen LogP contribution in [0.15, 0.2) is 24.5 Å². The third-order valence-corrected chi connectivity index (χ3v) is 6.75. The van der Waals surface area contributed by atoms with Gasteiger partial charge in [-0.05, 0) is 57.6 Å². The van der Waals surface area contributed by atoms with Gasteiger partial charge < -0.3 is 14.5 Å². The first-order valence-electron chi connectivity index (χ1n) is 10.8. The largest absolute Gasteiger partial charge is 0.483 e. The van der Waals surface area contributed by atoms with E-state index in [0.29, 0.717) is 18.1 Å². The summed E-state index contributed by atoms with van der Waals surface area (Å²) < 4.78 is 8.33. The molecule has 2 saturated carbocycles. The summed E-state index contributed by atoms with van der Waals surface area (Å²) in [7, 11) is 4.03. The molecule has 1 amide bonds. The molecule has 6 nitrogen and oxygen atoms in total. The molecule has 2 heterocycles. The van der Waals surface area contributed by atoms with Crippen molar-refractivity contribution in [3.63, 3.8) is 0 Å². The number of ether oxygens (including phenoxy) is 1. The SMILES string of the molecule is CC1CCc2c(ccc(-c3cnn(C4CC4)c3)c2OCC(=O)N(C)C2CC2)N1C. The lowest BCUT2D eigenvalue weighted by atomic mass is 9.93. The van der Waals surface area contributed by atoms with Gasteiger partial charge in [0.2, 0.25) is 0 Å². The molecule has 2 fully saturated rings. The monoisotopic (exact) mass is 394 g/mol. The summed E-state index contributed by atoms with van der Waals surface area (Å²) in [5, 5.41) is 4.57. The molecule has 154 valence electrons. The molecular formula is C23H30N4O2. The predicted octanol–water partition coefficient (Wildman–Crippen LogP) is 3.66. The highest BCUT2D eigenvalue weighted by atomic mass is 16.5. The minimum atomic E-state index is 0.0576. The fraction of sp³-hybridized carbons (Fsp3) is 0.565. The van der Waals surface area contributed by atoms with Crippen LogP contribution in [0.1, 0.15) is 50.6 Å². The van der Waals surface area contributed by atoms with E-state index >= 15 is 0 Å². The van der Waals surface area contributed by atoms with E-state index in [1.165, 1.54) is 24.1 Å². The van der Waals surface area contributed by atoms with Gasteiger partial charge >= 0.3 is 0 Å². The van der Waals surface area contributed by atoms with Crippen molar-refractivity contribution in [1.82, 2.24) is 14.7 Å². The van der Waals surface area contributed by atoms with E-state index in [-0.39, 0.29) is 12.5 Å². The van der Waals surface area contributed by atoms with Crippen molar-refractivity contribution < 1.29 is 9.53 Å². The maximum Gasteiger partial charge on any atom is 0.260 e. The number of carbonyl (C=O) groups is 1. The fourth-order valence-corrected chi connectivity index (χ4v) is 4.28. The summed E-state index contributed by atoms with van der Waals surface area (Å²) in [4.78, 5) is 16.8. The van der Waals surface area contributed by atoms with Crippen LogP contribution in [0.5, 0.6) is 5.75 Å². The van der Waals surface area contributed by atoms with Crippen LogP contribution in [0.4, 0.5) is 5.69 Å². The van der Waals surface area contributed by atoms with Gasteiger partial charge in [0, 0.05) is 54.8 Å². The Morgan fingerprint density at radius 1 is 1.24 bits per heavy atom. The second-order valence-electron chi connectivity index (χ2n) is 8.90. The molecule has 1 atom stereocenters. The van der Waals surface area contributed by atoms with Crippen LogP contribution in [-0.2, 0) is 11.2 Å². The number of nitrogens with zero attached hydrogens (tertiary/aromatic N) is 4. The van der Waals surface area contributed by atoms with Gasteiger partial charge in [-0.25, -0.2) is 0 Å². The number of anilines is 1. The fourth-order valence-electron chi connectivity index (χ4n) is 4.28. The summed E-state index contributed by atoms with van der Waals surface area (Å²) in [6.07, 6.45) is 10.7. The molecule has 1 aromatic carbocycles. The number of benzene rings is 1. The first-order chi connectivity index (χ1) is 14.0. The topological polar surface area (TPSA) is 50.6 Å². The molecular weight excluding hydrogens is 364 g/mol. The molecule has 0 saturated heterocycles. The second kappa shape index (κ2) is 7.08. The standard InChI is InChI=1S/C23H30N4O2/c1-15-4-9-20-21(25(15)2)11-10-19(16-12-24-27(13-16)18-7-8-18)23(20)29-14-22(28)26(3)17-5-6-17/h10-13,15,17-18H,4-9,14H2,1-3H3. The molecule has 1 unspecified atom stereocenters. The zero-order valence-electron chi connectivity index (χ0n) is 17.6. The number of carbonyl (C=O) groups excluding carboxylic acids is 1. The van der Waals surface area contributed by atoms with Gasteiger partial charge in [0.1, 0.15) is 5.75 Å². The van der Waals surface area contributed by atoms with E-state index in [1.807, 2.05) is 18.1 Å². The molecule has 6 heteroatoms. The summed E-state index contributed by atoms with van der Waals surface area (Å²) in [5.41, 5.74) is 4.53. The number of likely N-dealkylation sites (N-methyl/N-ethyl adjacent to an activating group) is 1. The number of hydrogen-bond donors (Lipinski definition) is 0. The molecule has 0 N–H and O–H groups in total. The van der Waals surface area contributed by atoms with Gasteiger partial charge in [-0.15, -0.1) is 0 Å². The Kier molecular flexibility index (Phi) is 4.52. The van der Waals surface area contributed by atoms with Crippen LogP contribution in [0.3, 0.4) is 0 Å². The molecule has 5 rings (SSSR count). The number of fused-ring (bicyclic) bond motifs is 1. The van der Waals surface area contributed by atoms with Gasteiger partial charge in [-0.2, -0.15) is 5.10 Å². The van der Waals surface area contributed by atoms with Crippen LogP contribution in [-0.4, -0.2) is 53.4 Å². The van der Waals surface area contributed by atoms with Crippen LogP contribution in [0, 0.1) is 0 Å². The highest BCUT2D eigenvalue weighted by molar-refractivity contribution is 5.81. The van der Waals surface area contributed by atoms with Gasteiger partial charge in [0.15, 0.2) is 6.61 Å². The Morgan fingerprint density at radius 3 is 2.76 bits per heavy atom. The van der Waals surface area contributed by atoms with E-state index in [2.05, 4.69) is 47.0 Å². The Morgan fingerprint density at radius 2 is 2.03 bits per heavy atom. The normalized spacial score (nSPS) is 21.1. The van der Waals surface area contributed by atoms with Crippen LogP contribution >= 0.6 is 0 Å². The predicted molar refractivity (Wildman–Crippen MR) is 113 cm³/mol. The van der Waals surface area contributed by atoms with Crippen molar-refractivity contribution in [2.45, 2.75) is 63.6 Å². The highest BCUT2D eigenvalue weighted by Gasteiger charge is 2.31. The molecule has 0 bridgehead atoms. The van der Waals surface area contributed by atoms with Crippen molar-refractivity contribution in [1.29, 1.82) is 0 Å². The molecule has 3 aliphatic rings. The highest BCUT2D eigenvalue weighted by Crippen LogP contribution is 2.43. The van der Waals surface area contributed by atoms with Crippen LogP contribution < -0.4 is 9.64 Å². The minimum Gasteiger partial charge on any atom is -0.483 e. The summed E-state index contributed by atoms with van der Waals surface area (Å²) in [5.74, 6) is 0.913. The van der Waals surface area contributed by atoms with Crippen LogP contribution in [0.25, 0.3) is 11.1 Å². The number of amides is 1. The molecule has 1 aliphatic heterocycles. The summed E-state index contributed by atoms with van der Waals surface area (Å²) >= 11 is 0. The smallest absolute Gasteiger partial charge is 0.260 e. The van der Waals surface area contributed by atoms with Crippen molar-refractivity contribution in [3.05, 3.63) is 30.1 Å². The summed E-state index contributed by atoms with van der Waals surface area (Å²) in [6, 6.07) is 5.78. The first kappa shape index (κ1) is 18.5. The molecule has 2 aromatic rings. The third-order valence-electron chi connectivity index (χ3n) is 6.75. The first-order valence-corrected chi connectivity index (χ1v) is 10.8. The molecule has 1 aromatic heterocycles. The van der Waals surface area contributed by atoms with Crippen molar-refractivity contribution >= 4 is 11.6 Å². The number of hydrogen-bond acceptors (Lipinski definition) is 4. The van der Waals surface area contributed by atoms with Crippen molar-refractivity contribution in [3.8, 4) is 16.9 Å². The lowest BCUT2D eigenvalue weighted by molar-refractivity contribution is -0.132. The van der Waals surface area contributed by atoms with Gasteiger partial charge in [-0.1, -0.05) is 0 Å². The van der Waals surface area contributed by atoms with Crippen molar-refractivity contribution in [2.24, 2.45) is 0 Å². The zero-order chi connectivity index (χ0) is 20.1. The molecule has 2 aliphatic carbocycles. The van der Waals surface area contributed by atoms with E-state index in [9.17, 15) is 4.79 Å². The lowest BCUT2D eigenvalue weighted by Crippen LogP contribution is -2.35. The Balaban J connectivity index is 1.48. The van der Waals surface area contributed by atoms with Crippen LogP contribution in [0.2, 0.25) is 0 Å². The second-order valence-corrected chi connectivity index (χ2v) is 8.90. The van der Waals surface area contributed by atoms with Gasteiger partial charge in [-0.3, -0.25) is 9.48 Å². The Bertz CT molecular complexity index is 929. The molecule has 0 radical (unpaired) electrons. The average Bonchev–Trinajstić information content (AvgIpc) is 3.66. The maximum absolute atomic E-state index is 12.6. The summed E-state index contributed by atoms with van der Waals surface area (Å²) in [6.45, 7) is 2.34. The van der Waals surface area contributed by atoms with E-state index in [0.717, 1.165) is 42.6 Å². The average molecular weight is 395 g/mol. The maximum atomic E-state index is 12.6. The zero-order valence-corrected chi connectivity index (χ0v) is 17.6. The Labute approximate surface area is 172 Å². The van der Waals surface area contributed by atoms with E-state index in [4.69, 9.17) is 4.74 Å². The van der Waals surface area contributed by atoms with E-state index in [1.54, 1.807) is 0 Å². The van der Waals surface area contributed by atoms with E-state index < -0.39 is 0 Å². The number of rotatable bonds is 6. The number of aromatic nitrogens is 2. The Hall–Kier alpha value is -2.50. The quantitative estimate of drug-likeness (QED) is 0.750. The molecule has 29 heavy (non-hydrogen) atoms. The van der Waals surface area contributed by atoms with Gasteiger partial charge in [0.25, 0.3) is 5.91 Å². The third kappa shape index (κ3) is 3.49. The van der Waals surface area contributed by atoms with Crippen molar-refractivity contribution in [2.75, 3.05) is 25.6 Å². The van der Waals surface area contributed by atoms with Gasteiger partial charge in [0.05, 0.1) is 12.2 Å². The molecule has 0 spiro atoms.